The smallest absolute Gasteiger partial charge is 0.193 e. The second-order valence-electron chi connectivity index (χ2n) is 7.79. The first-order valence-corrected chi connectivity index (χ1v) is 10.3. The van der Waals surface area contributed by atoms with E-state index in [0.717, 1.165) is 25.1 Å². The number of rotatable bonds is 4. The molecule has 1 aliphatic heterocycles. The molecule has 2 N–H and O–H groups in total. The number of halogens is 1. The molecule has 32 heavy (non-hydrogen) atoms. The summed E-state index contributed by atoms with van der Waals surface area (Å²) in [6, 6.07) is 9.40. The van der Waals surface area contributed by atoms with E-state index in [1.807, 2.05) is 4.68 Å². The quantitative estimate of drug-likeness (QED) is 0.529. The predicted molar refractivity (Wildman–Crippen MR) is 115 cm³/mol. The first kappa shape index (κ1) is 19.8. The molecule has 0 bridgehead atoms. The van der Waals surface area contributed by atoms with Gasteiger partial charge in [-0.05, 0) is 43.9 Å². The number of benzene rings is 1. The van der Waals surface area contributed by atoms with E-state index in [9.17, 15) is 9.65 Å². The number of fused-ring (bicyclic) bond motifs is 1. The van der Waals surface area contributed by atoms with Gasteiger partial charge in [-0.25, -0.2) is 19.0 Å². The minimum atomic E-state index is -0.757. The number of nitriles is 1. The number of hydrogen-bond donors (Lipinski definition) is 1. The van der Waals surface area contributed by atoms with Crippen LogP contribution in [0.2, 0.25) is 0 Å². The van der Waals surface area contributed by atoms with Gasteiger partial charge in [0.2, 0.25) is 0 Å². The molecular weight excluding hydrogens is 409 g/mol. The van der Waals surface area contributed by atoms with Crippen LogP contribution in [0.25, 0.3) is 22.8 Å². The molecule has 5 rings (SSSR count). The summed E-state index contributed by atoms with van der Waals surface area (Å²) in [4.78, 5) is 8.46. The lowest BCUT2D eigenvalue weighted by Gasteiger charge is -2.11. The summed E-state index contributed by atoms with van der Waals surface area (Å²) in [7, 11) is 0. The van der Waals surface area contributed by atoms with E-state index in [2.05, 4.69) is 37.5 Å². The van der Waals surface area contributed by atoms with Crippen LogP contribution in [0.4, 0.5) is 10.2 Å². The molecule has 4 heterocycles. The Labute approximate surface area is 183 Å². The third-order valence-electron chi connectivity index (χ3n) is 5.64. The molecule has 0 spiro atoms. The van der Waals surface area contributed by atoms with Crippen molar-refractivity contribution in [3.8, 4) is 28.8 Å². The van der Waals surface area contributed by atoms with E-state index in [-0.39, 0.29) is 23.0 Å². The molecule has 0 fully saturated rings. The number of aryl methyl sites for hydroxylation is 2. The lowest BCUT2D eigenvalue weighted by Crippen LogP contribution is -2.11. The van der Waals surface area contributed by atoms with Gasteiger partial charge < -0.3 is 5.73 Å². The number of aromatic nitrogens is 7. The highest BCUT2D eigenvalue weighted by atomic mass is 19.1. The van der Waals surface area contributed by atoms with Crippen molar-refractivity contribution in [2.24, 2.45) is 0 Å². The van der Waals surface area contributed by atoms with Crippen molar-refractivity contribution < 1.29 is 4.39 Å². The van der Waals surface area contributed by atoms with Crippen molar-refractivity contribution in [2.75, 3.05) is 5.73 Å². The summed E-state index contributed by atoms with van der Waals surface area (Å²) in [6.45, 7) is 3.14. The number of hydrogen-bond acceptors (Lipinski definition) is 7. The van der Waals surface area contributed by atoms with Gasteiger partial charge in [0, 0.05) is 17.8 Å². The largest absolute Gasteiger partial charge is 0.381 e. The van der Waals surface area contributed by atoms with Crippen LogP contribution in [0.5, 0.6) is 0 Å². The summed E-state index contributed by atoms with van der Waals surface area (Å²) in [5, 5.41) is 22.1. The molecule has 0 amide bonds. The molecule has 0 saturated carbocycles. The normalized spacial score (nSPS) is 13.0. The fourth-order valence-corrected chi connectivity index (χ4v) is 3.96. The minimum absolute atomic E-state index is 0.0374. The van der Waals surface area contributed by atoms with Crippen LogP contribution in [-0.2, 0) is 19.5 Å². The summed E-state index contributed by atoms with van der Waals surface area (Å²) in [6.07, 6.45) is 4.95. The van der Waals surface area contributed by atoms with E-state index < -0.39 is 5.82 Å². The summed E-state index contributed by atoms with van der Waals surface area (Å²) in [5.41, 5.74) is 9.94. The van der Waals surface area contributed by atoms with Gasteiger partial charge in [0.25, 0.3) is 0 Å². The van der Waals surface area contributed by atoms with Crippen LogP contribution in [0.1, 0.15) is 35.4 Å². The fraction of sp³-hybridized carbons (Fsp3) is 0.273. The molecule has 0 saturated heterocycles. The van der Waals surface area contributed by atoms with Crippen LogP contribution in [0.15, 0.2) is 30.5 Å². The van der Waals surface area contributed by atoms with E-state index >= 15 is 0 Å². The SMILES string of the molecule is Cc1c(C#N)cccc1-c1nc(N)c(F)c(-c2cn(Cc3cc4n(n3)CCCC4)nn2)n1. The highest BCUT2D eigenvalue weighted by Gasteiger charge is 2.20. The van der Waals surface area contributed by atoms with Gasteiger partial charge in [-0.1, -0.05) is 17.3 Å². The van der Waals surface area contributed by atoms with Crippen molar-refractivity contribution >= 4 is 5.82 Å². The van der Waals surface area contributed by atoms with Crippen molar-refractivity contribution in [3.05, 3.63) is 58.8 Å². The zero-order valence-electron chi connectivity index (χ0n) is 17.5. The first-order valence-electron chi connectivity index (χ1n) is 10.3. The Morgan fingerprint density at radius 3 is 2.94 bits per heavy atom. The maximum absolute atomic E-state index is 14.8. The van der Waals surface area contributed by atoms with Crippen molar-refractivity contribution in [3.63, 3.8) is 0 Å². The molecule has 1 aromatic carbocycles. The van der Waals surface area contributed by atoms with Gasteiger partial charge in [-0.2, -0.15) is 10.4 Å². The second-order valence-corrected chi connectivity index (χ2v) is 7.79. The Morgan fingerprint density at radius 1 is 1.25 bits per heavy atom. The topological polar surface area (TPSA) is 124 Å². The lowest BCUT2D eigenvalue weighted by molar-refractivity contribution is 0.481. The Morgan fingerprint density at radius 2 is 2.12 bits per heavy atom. The van der Waals surface area contributed by atoms with Gasteiger partial charge >= 0.3 is 0 Å². The van der Waals surface area contributed by atoms with Gasteiger partial charge in [-0.15, -0.1) is 5.10 Å². The molecule has 3 aromatic heterocycles. The molecule has 0 radical (unpaired) electrons. The minimum Gasteiger partial charge on any atom is -0.381 e. The molecule has 0 atom stereocenters. The van der Waals surface area contributed by atoms with E-state index in [4.69, 9.17) is 5.73 Å². The number of anilines is 1. The predicted octanol–water partition coefficient (Wildman–Crippen LogP) is 2.88. The first-order chi connectivity index (χ1) is 15.5. The van der Waals surface area contributed by atoms with Gasteiger partial charge in [0.05, 0.1) is 30.1 Å². The average molecular weight is 429 g/mol. The van der Waals surface area contributed by atoms with E-state index in [1.54, 1.807) is 36.0 Å². The number of nitrogen functional groups attached to an aromatic ring is 1. The van der Waals surface area contributed by atoms with Crippen molar-refractivity contribution in [2.45, 2.75) is 39.3 Å². The second kappa shape index (κ2) is 7.85. The average Bonchev–Trinajstić information content (AvgIpc) is 3.42. The fourth-order valence-electron chi connectivity index (χ4n) is 3.96. The standard InChI is InChI=1S/C22H20FN9/c1-13-14(10-24)5-4-7-17(13)22-26-20(19(23)21(25)27-22)18-12-31(30-28-18)11-15-9-16-6-2-3-8-32(16)29-15/h4-5,7,9,12H,2-3,6,8,11H2,1H3,(H2,25,26,27). The Balaban J connectivity index is 1.49. The van der Waals surface area contributed by atoms with Gasteiger partial charge in [0.1, 0.15) is 11.4 Å². The van der Waals surface area contributed by atoms with Crippen LogP contribution < -0.4 is 5.73 Å². The molecule has 0 aliphatic carbocycles. The lowest BCUT2D eigenvalue weighted by atomic mass is 10.0. The zero-order chi connectivity index (χ0) is 22.2. The van der Waals surface area contributed by atoms with E-state index in [1.165, 1.54) is 12.1 Å². The maximum Gasteiger partial charge on any atom is 0.193 e. The Kier molecular flexibility index (Phi) is 4.86. The highest BCUT2D eigenvalue weighted by molar-refractivity contribution is 5.69. The van der Waals surface area contributed by atoms with E-state index in [0.29, 0.717) is 23.2 Å². The molecule has 4 aromatic rings. The molecule has 160 valence electrons. The van der Waals surface area contributed by atoms with Gasteiger partial charge in [-0.3, -0.25) is 4.68 Å². The van der Waals surface area contributed by atoms with Crippen LogP contribution in [0.3, 0.4) is 0 Å². The van der Waals surface area contributed by atoms with Gasteiger partial charge in [0.15, 0.2) is 17.5 Å². The Bertz CT molecular complexity index is 1340. The monoisotopic (exact) mass is 429 g/mol. The third kappa shape index (κ3) is 3.47. The van der Waals surface area contributed by atoms with Crippen LogP contribution >= 0.6 is 0 Å². The number of nitrogens with two attached hydrogens (primary N) is 1. The molecule has 1 aliphatic rings. The summed E-state index contributed by atoms with van der Waals surface area (Å²) >= 11 is 0. The zero-order valence-corrected chi connectivity index (χ0v) is 17.5. The number of nitrogens with zero attached hydrogens (tertiary/aromatic N) is 8. The molecule has 9 nitrogen and oxygen atoms in total. The van der Waals surface area contributed by atoms with Crippen molar-refractivity contribution in [1.82, 2.24) is 34.7 Å². The Hall–Kier alpha value is -4.13. The molecule has 0 unspecified atom stereocenters. The highest BCUT2D eigenvalue weighted by Crippen LogP contribution is 2.28. The van der Waals surface area contributed by atoms with Crippen molar-refractivity contribution in [1.29, 1.82) is 5.26 Å². The van der Waals surface area contributed by atoms with Crippen LogP contribution in [-0.4, -0.2) is 34.7 Å². The maximum atomic E-state index is 14.8. The van der Waals surface area contributed by atoms with Crippen LogP contribution in [0, 0.1) is 24.1 Å². The molecular formula is C22H20FN9. The summed E-state index contributed by atoms with van der Waals surface area (Å²) < 4.78 is 18.5. The molecule has 10 heteroatoms. The third-order valence-corrected chi connectivity index (χ3v) is 5.64. The summed E-state index contributed by atoms with van der Waals surface area (Å²) in [5.74, 6) is -0.819.